The second-order valence-corrected chi connectivity index (χ2v) is 15.3. The molecule has 2 fully saturated rings. The van der Waals surface area contributed by atoms with Crippen LogP contribution in [0.4, 0.5) is 21.1 Å². The van der Waals surface area contributed by atoms with Crippen LogP contribution >= 0.6 is 0 Å². The number of nitrogens with zero attached hydrogens (tertiary/aromatic N) is 9. The van der Waals surface area contributed by atoms with Crippen LogP contribution in [-0.2, 0) is 35.3 Å². The topological polar surface area (TPSA) is 276 Å². The molecule has 2 aliphatic heterocycles. The fourth-order valence-corrected chi connectivity index (χ4v) is 7.41. The zero-order chi connectivity index (χ0) is 44.4. The molecule has 0 aliphatic carbocycles. The summed E-state index contributed by atoms with van der Waals surface area (Å²) in [5.74, 6) is -1.62. The third-order valence-corrected chi connectivity index (χ3v) is 11.0. The van der Waals surface area contributed by atoms with E-state index in [9.17, 15) is 33.6 Å². The first-order valence-corrected chi connectivity index (χ1v) is 19.9. The Bertz CT molecular complexity index is 2160. The molecule has 61 heavy (non-hydrogen) atoms. The highest BCUT2D eigenvalue weighted by molar-refractivity contribution is 5.97. The quantitative estimate of drug-likeness (QED) is 0.162. The van der Waals surface area contributed by atoms with Gasteiger partial charge in [0.05, 0.1) is 36.5 Å². The van der Waals surface area contributed by atoms with Gasteiger partial charge in [-0.25, -0.2) is 19.6 Å². The minimum atomic E-state index is -1.15. The Morgan fingerprint density at radius 3 is 2.43 bits per heavy atom. The molecule has 3 aromatic rings. The number of hydrogen-bond donors (Lipinski definition) is 4. The van der Waals surface area contributed by atoms with Crippen molar-refractivity contribution in [1.82, 2.24) is 39.5 Å². The third-order valence-electron chi connectivity index (χ3n) is 11.0. The SMILES string of the molecule is CC1CCN(C(=O)CC#N)CC1N(C)c1ncnc2c1ccn2C(=O)N(C)CCN(C)C(=O)OCc1ccc(NC(=O)CNC(=O)C2CCCN2C(=O)C(N)CC(N)=O)cc1. The van der Waals surface area contributed by atoms with Crippen molar-refractivity contribution >= 4 is 64.2 Å². The van der Waals surface area contributed by atoms with Crippen LogP contribution in [0.3, 0.4) is 0 Å². The number of ether oxygens (including phenoxy) is 1. The average Bonchev–Trinajstić information content (AvgIpc) is 3.92. The maximum atomic E-state index is 13.6. The average molecular weight is 844 g/mol. The van der Waals surface area contributed by atoms with Gasteiger partial charge in [0.2, 0.25) is 29.5 Å². The Morgan fingerprint density at radius 1 is 1.00 bits per heavy atom. The van der Waals surface area contributed by atoms with Crippen LogP contribution in [0.15, 0.2) is 42.9 Å². The summed E-state index contributed by atoms with van der Waals surface area (Å²) in [6.45, 7) is 3.41. The molecular formula is C40H53N13O8. The normalized spacial score (nSPS) is 17.8. The molecule has 0 radical (unpaired) electrons. The number of carbonyl (C=O) groups is 7. The van der Waals surface area contributed by atoms with Crippen LogP contribution in [0.25, 0.3) is 11.0 Å². The summed E-state index contributed by atoms with van der Waals surface area (Å²) in [6.07, 6.45) is 3.65. The van der Waals surface area contributed by atoms with Gasteiger partial charge in [0.15, 0.2) is 5.65 Å². The zero-order valence-corrected chi connectivity index (χ0v) is 34.8. The monoisotopic (exact) mass is 843 g/mol. The summed E-state index contributed by atoms with van der Waals surface area (Å²) >= 11 is 0. The lowest BCUT2D eigenvalue weighted by atomic mass is 9.92. The predicted molar refractivity (Wildman–Crippen MR) is 221 cm³/mol. The van der Waals surface area contributed by atoms with Crippen molar-refractivity contribution in [3.8, 4) is 6.07 Å². The largest absolute Gasteiger partial charge is 0.445 e. The highest BCUT2D eigenvalue weighted by Gasteiger charge is 2.37. The van der Waals surface area contributed by atoms with Crippen molar-refractivity contribution in [2.24, 2.45) is 17.4 Å². The van der Waals surface area contributed by atoms with Gasteiger partial charge in [0.1, 0.15) is 31.2 Å². The highest BCUT2D eigenvalue weighted by atomic mass is 16.6. The van der Waals surface area contributed by atoms with Gasteiger partial charge in [-0.3, -0.25) is 28.5 Å². The molecule has 0 spiro atoms. The third kappa shape index (κ3) is 11.3. The van der Waals surface area contributed by atoms with Crippen LogP contribution < -0.4 is 27.0 Å². The van der Waals surface area contributed by atoms with Crippen molar-refractivity contribution < 1.29 is 38.3 Å². The maximum absolute atomic E-state index is 13.6. The van der Waals surface area contributed by atoms with E-state index in [1.807, 2.05) is 18.0 Å². The lowest BCUT2D eigenvalue weighted by molar-refractivity contribution is -0.140. The number of aromatic nitrogens is 3. The lowest BCUT2D eigenvalue weighted by Crippen LogP contribution is -2.52. The van der Waals surface area contributed by atoms with Crippen molar-refractivity contribution in [2.45, 2.75) is 63.8 Å². The van der Waals surface area contributed by atoms with E-state index < -0.39 is 41.8 Å². The standard InChI is InChI=1S/C40H53N13O8/c1-25-12-16-51(34(56)11-14-41)22-31(25)50(4)35-28-13-17-53(36(28)46-24-45-35)39(59)48(2)18-19-49(3)40(60)61-23-26-7-9-27(10-8-26)47-33(55)21-44-37(57)30-6-5-15-52(30)38(58)29(42)20-32(43)54/h7-10,13,17,24-25,29-31H,5-6,11-12,15-16,18-23,42H2,1-4H3,(H2,43,54)(H,44,57)(H,47,55). The van der Waals surface area contributed by atoms with Crippen molar-refractivity contribution in [1.29, 1.82) is 5.26 Å². The number of nitrogens with one attached hydrogen (secondary N) is 2. The number of piperidine rings is 1. The minimum Gasteiger partial charge on any atom is -0.445 e. The number of nitrogens with two attached hydrogens (primary N) is 2. The number of likely N-dealkylation sites (tertiary alicyclic amines) is 2. The van der Waals surface area contributed by atoms with E-state index >= 15 is 0 Å². The Morgan fingerprint density at radius 2 is 1.72 bits per heavy atom. The number of benzene rings is 1. The van der Waals surface area contributed by atoms with E-state index in [2.05, 4.69) is 27.5 Å². The van der Waals surface area contributed by atoms with E-state index in [0.29, 0.717) is 60.6 Å². The summed E-state index contributed by atoms with van der Waals surface area (Å²) in [6, 6.07) is 7.89. The summed E-state index contributed by atoms with van der Waals surface area (Å²) in [7, 11) is 5.07. The molecule has 7 amide bonds. The van der Waals surface area contributed by atoms with Gasteiger partial charge in [0.25, 0.3) is 0 Å². The van der Waals surface area contributed by atoms with E-state index in [1.54, 1.807) is 55.5 Å². The first-order valence-electron chi connectivity index (χ1n) is 19.9. The number of likely N-dealkylation sites (N-methyl/N-ethyl adjacent to an activating group) is 3. The molecule has 326 valence electrons. The number of primary amides is 1. The Labute approximate surface area is 352 Å². The number of nitriles is 1. The molecule has 4 unspecified atom stereocenters. The van der Waals surface area contributed by atoms with Gasteiger partial charge in [-0.2, -0.15) is 5.26 Å². The summed E-state index contributed by atoms with van der Waals surface area (Å²) in [5, 5.41) is 14.9. The first-order chi connectivity index (χ1) is 29.1. The second-order valence-electron chi connectivity index (χ2n) is 15.3. The van der Waals surface area contributed by atoms with Crippen LogP contribution in [-0.4, -0.2) is 154 Å². The van der Waals surface area contributed by atoms with Crippen LogP contribution in [0.1, 0.15) is 44.6 Å². The number of fused-ring (bicyclic) bond motifs is 1. The van der Waals surface area contributed by atoms with E-state index in [-0.39, 0.29) is 63.0 Å². The smallest absolute Gasteiger partial charge is 0.409 e. The van der Waals surface area contributed by atoms with Gasteiger partial charge >= 0.3 is 12.1 Å². The van der Waals surface area contributed by atoms with E-state index in [4.69, 9.17) is 21.5 Å². The zero-order valence-electron chi connectivity index (χ0n) is 34.8. The molecule has 4 heterocycles. The van der Waals surface area contributed by atoms with Crippen molar-refractivity contribution in [2.75, 3.05) is 70.6 Å². The summed E-state index contributed by atoms with van der Waals surface area (Å²) < 4.78 is 6.88. The fraction of sp³-hybridized carbons (Fsp3) is 0.500. The lowest BCUT2D eigenvalue weighted by Gasteiger charge is -2.42. The highest BCUT2D eigenvalue weighted by Crippen LogP contribution is 2.30. The Hall–Kier alpha value is -6.82. The maximum Gasteiger partial charge on any atom is 0.409 e. The summed E-state index contributed by atoms with van der Waals surface area (Å²) in [4.78, 5) is 105. The van der Waals surface area contributed by atoms with Gasteiger partial charge in [-0.05, 0) is 48.9 Å². The molecular weight excluding hydrogens is 791 g/mol. The van der Waals surface area contributed by atoms with E-state index in [1.165, 1.54) is 25.6 Å². The fourth-order valence-electron chi connectivity index (χ4n) is 7.41. The molecule has 0 bridgehead atoms. The molecule has 6 N–H and O–H groups in total. The Kier molecular flexibility index (Phi) is 15.2. The number of hydrogen-bond acceptors (Lipinski definition) is 13. The van der Waals surface area contributed by atoms with Crippen molar-refractivity contribution in [3.05, 3.63) is 48.4 Å². The predicted octanol–water partition coefficient (Wildman–Crippen LogP) is 0.435. The van der Waals surface area contributed by atoms with Gasteiger partial charge in [-0.1, -0.05) is 19.1 Å². The minimum absolute atomic E-state index is 0.0540. The Balaban J connectivity index is 1.06. The molecule has 5 rings (SSSR count). The van der Waals surface area contributed by atoms with Gasteiger partial charge in [-0.15, -0.1) is 0 Å². The molecule has 4 atom stereocenters. The first kappa shape index (κ1) is 45.3. The number of anilines is 2. The number of amides is 7. The molecule has 21 heteroatoms. The van der Waals surface area contributed by atoms with E-state index in [0.717, 1.165) is 6.42 Å². The summed E-state index contributed by atoms with van der Waals surface area (Å²) in [5.41, 5.74) is 12.4. The van der Waals surface area contributed by atoms with Crippen LogP contribution in [0.2, 0.25) is 0 Å². The van der Waals surface area contributed by atoms with Crippen molar-refractivity contribution in [3.63, 3.8) is 0 Å². The van der Waals surface area contributed by atoms with Gasteiger partial charge < -0.3 is 51.3 Å². The van der Waals surface area contributed by atoms with Gasteiger partial charge in [0, 0.05) is 65.8 Å². The number of carbonyl (C=O) groups excluding carboxylic acids is 7. The second kappa shape index (κ2) is 20.4. The van der Waals surface area contributed by atoms with Crippen LogP contribution in [0.5, 0.6) is 0 Å². The number of rotatable bonds is 15. The molecule has 2 saturated heterocycles. The molecule has 0 saturated carbocycles. The molecule has 2 aromatic heterocycles. The molecule has 2 aliphatic rings. The van der Waals surface area contributed by atoms with Crippen LogP contribution in [0, 0.1) is 17.2 Å². The molecule has 1 aromatic carbocycles. The molecule has 21 nitrogen and oxygen atoms in total.